The fourth-order valence-electron chi connectivity index (χ4n) is 8.32. The van der Waals surface area contributed by atoms with Gasteiger partial charge >= 0.3 is 11.9 Å². The Bertz CT molecular complexity index is 2150. The van der Waals surface area contributed by atoms with Crippen LogP contribution >= 0.6 is 0 Å². The van der Waals surface area contributed by atoms with E-state index in [9.17, 15) is 40.2 Å². The molecule has 338 valence electrons. The summed E-state index contributed by atoms with van der Waals surface area (Å²) in [5, 5.41) is 66.5. The van der Waals surface area contributed by atoms with E-state index in [0.29, 0.717) is 44.5 Å². The van der Waals surface area contributed by atoms with Crippen LogP contribution in [0.3, 0.4) is 0 Å². The zero-order chi connectivity index (χ0) is 47.2. The molecule has 9 heteroatoms. The maximum absolute atomic E-state index is 14.7. The topological polar surface area (TPSA) is 165 Å². The van der Waals surface area contributed by atoms with Gasteiger partial charge < -0.3 is 35.4 Å². The van der Waals surface area contributed by atoms with E-state index in [2.05, 4.69) is 0 Å². The second kappa shape index (κ2) is 17.4. The van der Waals surface area contributed by atoms with Crippen LogP contribution in [0.1, 0.15) is 168 Å². The van der Waals surface area contributed by atoms with E-state index in [1.54, 1.807) is 62.4 Å². The molecule has 0 aromatic heterocycles. The second-order valence-corrected chi connectivity index (χ2v) is 22.4. The van der Waals surface area contributed by atoms with Crippen molar-refractivity contribution in [3.05, 3.63) is 117 Å². The van der Waals surface area contributed by atoms with Gasteiger partial charge in [0.2, 0.25) is 0 Å². The Morgan fingerprint density at radius 3 is 1.08 bits per heavy atom. The van der Waals surface area contributed by atoms with Gasteiger partial charge in [-0.15, -0.1) is 0 Å². The first-order valence-electron chi connectivity index (χ1n) is 21.6. The zero-order valence-corrected chi connectivity index (χ0v) is 39.7. The summed E-state index contributed by atoms with van der Waals surface area (Å²) in [4.78, 5) is 29.2. The first-order chi connectivity index (χ1) is 28.2. The average Bonchev–Trinajstić information content (AvgIpc) is 3.13. The van der Waals surface area contributed by atoms with Gasteiger partial charge in [-0.25, -0.2) is 0 Å². The molecule has 9 nitrogen and oxygen atoms in total. The lowest BCUT2D eigenvalue weighted by Crippen LogP contribution is -2.42. The quantitative estimate of drug-likeness (QED) is 0.0601. The number of hydrogen-bond acceptors (Lipinski definition) is 9. The normalized spacial score (nSPS) is 13.8. The highest BCUT2D eigenvalue weighted by atomic mass is 16.6. The van der Waals surface area contributed by atoms with E-state index < -0.39 is 62.4 Å². The maximum Gasteiger partial charge on any atom is 0.314 e. The van der Waals surface area contributed by atoms with Gasteiger partial charge in [-0.05, 0) is 96.9 Å². The third kappa shape index (κ3) is 10.7. The van der Waals surface area contributed by atoms with Crippen molar-refractivity contribution in [2.24, 2.45) is 5.41 Å². The lowest BCUT2D eigenvalue weighted by molar-refractivity contribution is -0.161. The largest absolute Gasteiger partial charge is 0.508 e. The standard InChI is InChI=1S/C53H72O9/c1-47(2,3)36-24-32(16-20-40(36)55)52(15,33-17-21-41(56)37(25-33)48(4,5)6)29-45(60)62-46(61)30-53(28-44(59)51(13,14)31-54,34-18-22-42(57)38(26-34)49(7,8)9)35-19-23-43(58)39(27-35)50(10,11)12/h16-27,44,54-59H,28-31H2,1-15H3. The van der Waals surface area contributed by atoms with Gasteiger partial charge in [0.25, 0.3) is 0 Å². The highest BCUT2D eigenvalue weighted by Gasteiger charge is 2.45. The fraction of sp³-hybridized carbons (Fsp3) is 0.509. The summed E-state index contributed by atoms with van der Waals surface area (Å²) in [6.07, 6.45) is -2.01. The van der Waals surface area contributed by atoms with E-state index in [1.165, 1.54) is 0 Å². The Labute approximate surface area is 369 Å². The van der Waals surface area contributed by atoms with Crippen LogP contribution in [0.25, 0.3) is 0 Å². The minimum absolute atomic E-state index is 0.0530. The monoisotopic (exact) mass is 853 g/mol. The van der Waals surface area contributed by atoms with Gasteiger partial charge in [-0.1, -0.05) is 152 Å². The van der Waals surface area contributed by atoms with Crippen molar-refractivity contribution in [1.29, 1.82) is 0 Å². The molecule has 0 spiro atoms. The van der Waals surface area contributed by atoms with Crippen LogP contribution in [0.15, 0.2) is 72.8 Å². The van der Waals surface area contributed by atoms with Gasteiger partial charge in [0, 0.05) is 16.2 Å². The highest BCUT2D eigenvalue weighted by Crippen LogP contribution is 2.48. The Hall–Kier alpha value is -4.86. The van der Waals surface area contributed by atoms with Crippen LogP contribution in [0.4, 0.5) is 0 Å². The van der Waals surface area contributed by atoms with Crippen LogP contribution in [0.5, 0.6) is 23.0 Å². The molecule has 1 atom stereocenters. The third-order valence-electron chi connectivity index (χ3n) is 12.6. The summed E-state index contributed by atoms with van der Waals surface area (Å²) in [5.74, 6) is -1.37. The molecular weight excluding hydrogens is 781 g/mol. The Kier molecular flexibility index (Phi) is 13.9. The highest BCUT2D eigenvalue weighted by molar-refractivity contribution is 5.88. The Balaban J connectivity index is 1.95. The number of hydrogen-bond donors (Lipinski definition) is 6. The van der Waals surface area contributed by atoms with Crippen molar-refractivity contribution in [3.8, 4) is 23.0 Å². The van der Waals surface area contributed by atoms with Crippen LogP contribution in [0.2, 0.25) is 0 Å². The van der Waals surface area contributed by atoms with E-state index in [1.807, 2.05) is 114 Å². The zero-order valence-electron chi connectivity index (χ0n) is 39.7. The molecule has 0 amide bonds. The molecule has 0 radical (unpaired) electrons. The molecule has 0 aliphatic carbocycles. The molecule has 0 saturated heterocycles. The molecule has 0 fully saturated rings. The molecule has 62 heavy (non-hydrogen) atoms. The van der Waals surface area contributed by atoms with Crippen molar-refractivity contribution < 1.29 is 45.0 Å². The van der Waals surface area contributed by atoms with Crippen molar-refractivity contribution >= 4 is 11.9 Å². The number of phenols is 4. The summed E-state index contributed by atoms with van der Waals surface area (Å²) in [6.45, 7) is 28.6. The van der Waals surface area contributed by atoms with E-state index in [0.717, 1.165) is 0 Å². The number of carbonyl (C=O) groups is 2. The molecule has 0 aliphatic heterocycles. The smallest absolute Gasteiger partial charge is 0.314 e. The van der Waals surface area contributed by atoms with Crippen molar-refractivity contribution in [3.63, 3.8) is 0 Å². The number of ether oxygens (including phenoxy) is 1. The Morgan fingerprint density at radius 2 is 0.774 bits per heavy atom. The van der Waals surface area contributed by atoms with Crippen LogP contribution in [0, 0.1) is 5.41 Å². The van der Waals surface area contributed by atoms with E-state index in [-0.39, 0.29) is 42.4 Å². The lowest BCUT2D eigenvalue weighted by Gasteiger charge is -2.41. The number of esters is 2. The number of aromatic hydroxyl groups is 4. The van der Waals surface area contributed by atoms with Gasteiger partial charge in [0.05, 0.1) is 25.6 Å². The lowest BCUT2D eigenvalue weighted by atomic mass is 9.64. The summed E-state index contributed by atoms with van der Waals surface area (Å²) in [7, 11) is 0. The molecule has 6 N–H and O–H groups in total. The molecular formula is C53H72O9. The minimum Gasteiger partial charge on any atom is -0.508 e. The van der Waals surface area contributed by atoms with Gasteiger partial charge in [-0.2, -0.15) is 0 Å². The molecule has 4 aromatic rings. The number of carbonyl (C=O) groups excluding carboxylic acids is 2. The summed E-state index contributed by atoms with van der Waals surface area (Å²) >= 11 is 0. The minimum atomic E-state index is -1.41. The van der Waals surface area contributed by atoms with Crippen LogP contribution in [-0.4, -0.2) is 55.3 Å². The van der Waals surface area contributed by atoms with Crippen LogP contribution < -0.4 is 0 Å². The molecule has 1 unspecified atom stereocenters. The van der Waals surface area contributed by atoms with Gasteiger partial charge in [0.15, 0.2) is 0 Å². The van der Waals surface area contributed by atoms with E-state index in [4.69, 9.17) is 4.74 Å². The van der Waals surface area contributed by atoms with E-state index >= 15 is 0 Å². The molecule has 0 heterocycles. The number of phenolic OH excluding ortho intramolecular Hbond substituents is 4. The first kappa shape index (κ1) is 49.8. The molecule has 0 bridgehead atoms. The van der Waals surface area contributed by atoms with Crippen molar-refractivity contribution in [2.75, 3.05) is 6.61 Å². The van der Waals surface area contributed by atoms with Crippen molar-refractivity contribution in [1.82, 2.24) is 0 Å². The Morgan fingerprint density at radius 1 is 0.484 bits per heavy atom. The predicted octanol–water partition coefficient (Wildman–Crippen LogP) is 10.6. The predicted molar refractivity (Wildman–Crippen MR) is 246 cm³/mol. The molecule has 4 rings (SSSR count). The molecule has 0 saturated carbocycles. The van der Waals surface area contributed by atoms with Crippen LogP contribution in [-0.2, 0) is 46.8 Å². The fourth-order valence-corrected chi connectivity index (χ4v) is 8.32. The number of benzene rings is 4. The van der Waals surface area contributed by atoms with Gasteiger partial charge in [0.1, 0.15) is 23.0 Å². The summed E-state index contributed by atoms with van der Waals surface area (Å²) < 4.78 is 5.86. The van der Waals surface area contributed by atoms with Gasteiger partial charge in [-0.3, -0.25) is 9.59 Å². The molecule has 0 aliphatic rings. The first-order valence-corrected chi connectivity index (χ1v) is 21.6. The number of aliphatic hydroxyl groups excluding tert-OH is 2. The molecule has 4 aromatic carbocycles. The second-order valence-electron chi connectivity index (χ2n) is 22.4. The van der Waals surface area contributed by atoms with Crippen molar-refractivity contribution in [2.45, 2.75) is 162 Å². The SMILES string of the molecule is CC(C)(C)c1cc(C(C)(CC(=O)OC(=O)CC(CC(O)C(C)(C)CO)(c2ccc(O)c(C(C)(C)C)c2)c2ccc(O)c(C(C)(C)C)c2)c2ccc(O)c(C(C)(C)C)c2)ccc1O. The third-order valence-corrected chi connectivity index (χ3v) is 12.6. The number of rotatable bonds is 12. The average molecular weight is 853 g/mol. The summed E-state index contributed by atoms with van der Waals surface area (Å²) in [5.41, 5.74) is -0.506. The summed E-state index contributed by atoms with van der Waals surface area (Å²) in [6, 6.07) is 20.6. The maximum atomic E-state index is 14.7. The number of aliphatic hydroxyl groups is 2.